The van der Waals surface area contributed by atoms with Gasteiger partial charge in [-0.1, -0.05) is 28.9 Å². The lowest BCUT2D eigenvalue weighted by molar-refractivity contribution is -0.138. The second-order valence-electron chi connectivity index (χ2n) is 7.27. The number of hydrogen-bond donors (Lipinski definition) is 1. The Labute approximate surface area is 182 Å². The van der Waals surface area contributed by atoms with E-state index in [0.717, 1.165) is 43.3 Å². The van der Waals surface area contributed by atoms with E-state index in [1.54, 1.807) is 18.3 Å². The summed E-state index contributed by atoms with van der Waals surface area (Å²) in [6.07, 6.45) is -2.96. The van der Waals surface area contributed by atoms with Crippen LogP contribution in [0.15, 0.2) is 41.0 Å². The molecular formula is C21H24BrF3N4O. The number of amides is 1. The molecule has 0 saturated carbocycles. The first-order valence-corrected chi connectivity index (χ1v) is 10.6. The summed E-state index contributed by atoms with van der Waals surface area (Å²) < 4.78 is 41.8. The van der Waals surface area contributed by atoms with Crippen LogP contribution in [0.25, 0.3) is 0 Å². The zero-order chi connectivity index (χ0) is 21.7. The molecular weight excluding hydrogens is 461 g/mol. The van der Waals surface area contributed by atoms with Crippen LogP contribution < -0.4 is 5.32 Å². The van der Waals surface area contributed by atoms with Crippen molar-refractivity contribution >= 4 is 27.5 Å². The molecule has 5 nitrogen and oxygen atoms in total. The molecule has 2 aromatic rings. The molecule has 1 aromatic carbocycles. The second-order valence-corrected chi connectivity index (χ2v) is 8.19. The molecule has 162 valence electrons. The van der Waals surface area contributed by atoms with Gasteiger partial charge < -0.3 is 10.2 Å². The maximum absolute atomic E-state index is 13.7. The van der Waals surface area contributed by atoms with E-state index in [1.807, 2.05) is 4.90 Å². The molecule has 1 saturated heterocycles. The fourth-order valence-corrected chi connectivity index (χ4v) is 3.86. The molecule has 1 aliphatic rings. The maximum Gasteiger partial charge on any atom is 0.416 e. The van der Waals surface area contributed by atoms with E-state index >= 15 is 0 Å². The SMILES string of the molecule is CCN1CCN(Cc2ccc(NC(=O)Cc3cc(Br)ccn3)cc2C(F)(F)F)CC1. The zero-order valence-corrected chi connectivity index (χ0v) is 18.3. The van der Waals surface area contributed by atoms with Crippen molar-refractivity contribution in [1.82, 2.24) is 14.8 Å². The van der Waals surface area contributed by atoms with Gasteiger partial charge in [-0.3, -0.25) is 14.7 Å². The summed E-state index contributed by atoms with van der Waals surface area (Å²) in [4.78, 5) is 20.7. The number of pyridine rings is 1. The van der Waals surface area contributed by atoms with Crippen molar-refractivity contribution in [1.29, 1.82) is 0 Å². The van der Waals surface area contributed by atoms with Gasteiger partial charge in [-0.05, 0) is 36.4 Å². The molecule has 0 aliphatic carbocycles. The molecule has 9 heteroatoms. The van der Waals surface area contributed by atoms with Crippen LogP contribution in [-0.4, -0.2) is 53.4 Å². The van der Waals surface area contributed by atoms with Crippen LogP contribution in [0.5, 0.6) is 0 Å². The van der Waals surface area contributed by atoms with Gasteiger partial charge in [0.1, 0.15) is 0 Å². The van der Waals surface area contributed by atoms with Crippen molar-refractivity contribution < 1.29 is 18.0 Å². The molecule has 0 spiro atoms. The summed E-state index contributed by atoms with van der Waals surface area (Å²) in [6, 6.07) is 7.44. The Balaban J connectivity index is 1.70. The smallest absolute Gasteiger partial charge is 0.326 e. The molecule has 0 bridgehead atoms. The lowest BCUT2D eigenvalue weighted by atomic mass is 10.0. The third kappa shape index (κ3) is 6.26. The fourth-order valence-electron chi connectivity index (χ4n) is 3.48. The number of nitrogens with zero attached hydrogens (tertiary/aromatic N) is 3. The van der Waals surface area contributed by atoms with E-state index in [9.17, 15) is 18.0 Å². The van der Waals surface area contributed by atoms with Gasteiger partial charge in [-0.2, -0.15) is 13.2 Å². The Hall–Kier alpha value is -1.97. The first kappa shape index (κ1) is 22.7. The number of carbonyl (C=O) groups excluding carboxylic acids is 1. The second kappa shape index (κ2) is 9.89. The summed E-state index contributed by atoms with van der Waals surface area (Å²) in [5, 5.41) is 2.55. The number of alkyl halides is 3. The minimum absolute atomic E-state index is 0.0236. The van der Waals surface area contributed by atoms with Crippen molar-refractivity contribution in [3.63, 3.8) is 0 Å². The average molecular weight is 485 g/mol. The normalized spacial score (nSPS) is 15.9. The molecule has 2 heterocycles. The van der Waals surface area contributed by atoms with Crippen molar-refractivity contribution in [2.45, 2.75) is 26.1 Å². The number of aromatic nitrogens is 1. The summed E-state index contributed by atoms with van der Waals surface area (Å²) in [6.45, 7) is 6.46. The Bertz CT molecular complexity index is 883. The van der Waals surface area contributed by atoms with E-state index in [4.69, 9.17) is 0 Å². The summed E-state index contributed by atoms with van der Waals surface area (Å²) in [5.41, 5.74) is 0.167. The van der Waals surface area contributed by atoms with E-state index in [2.05, 4.69) is 38.1 Å². The number of hydrogen-bond acceptors (Lipinski definition) is 4. The van der Waals surface area contributed by atoms with Crippen LogP contribution in [0, 0.1) is 0 Å². The predicted octanol–water partition coefficient (Wildman–Crippen LogP) is 4.18. The Kier molecular flexibility index (Phi) is 7.49. The molecule has 0 unspecified atom stereocenters. The summed E-state index contributed by atoms with van der Waals surface area (Å²) in [5.74, 6) is -0.419. The van der Waals surface area contributed by atoms with E-state index in [0.29, 0.717) is 5.69 Å². The van der Waals surface area contributed by atoms with Gasteiger partial charge in [-0.15, -0.1) is 0 Å². The minimum Gasteiger partial charge on any atom is -0.326 e. The fraction of sp³-hybridized carbons (Fsp3) is 0.429. The van der Waals surface area contributed by atoms with Gasteiger partial charge in [0.05, 0.1) is 17.7 Å². The number of likely N-dealkylation sites (N-methyl/N-ethyl adjacent to an activating group) is 1. The van der Waals surface area contributed by atoms with Gasteiger partial charge in [0.2, 0.25) is 5.91 Å². The van der Waals surface area contributed by atoms with Crippen LogP contribution in [0.1, 0.15) is 23.7 Å². The van der Waals surface area contributed by atoms with E-state index in [-0.39, 0.29) is 24.2 Å². The molecule has 30 heavy (non-hydrogen) atoms. The van der Waals surface area contributed by atoms with Gasteiger partial charge in [0, 0.05) is 49.1 Å². The minimum atomic E-state index is -4.49. The lowest BCUT2D eigenvalue weighted by Gasteiger charge is -2.34. The van der Waals surface area contributed by atoms with Crippen molar-refractivity contribution in [3.8, 4) is 0 Å². The van der Waals surface area contributed by atoms with E-state index in [1.165, 1.54) is 12.1 Å². The number of piperazine rings is 1. The molecule has 1 amide bonds. The van der Waals surface area contributed by atoms with Crippen molar-refractivity contribution in [2.75, 3.05) is 38.0 Å². The van der Waals surface area contributed by atoms with Crippen LogP contribution in [0.2, 0.25) is 0 Å². The monoisotopic (exact) mass is 484 g/mol. The number of benzene rings is 1. The largest absolute Gasteiger partial charge is 0.416 e. The first-order valence-electron chi connectivity index (χ1n) is 9.79. The van der Waals surface area contributed by atoms with Crippen molar-refractivity contribution in [3.05, 3.63) is 57.8 Å². The van der Waals surface area contributed by atoms with Crippen molar-refractivity contribution in [2.24, 2.45) is 0 Å². The zero-order valence-electron chi connectivity index (χ0n) is 16.7. The Morgan fingerprint density at radius 1 is 1.13 bits per heavy atom. The highest BCUT2D eigenvalue weighted by atomic mass is 79.9. The number of carbonyl (C=O) groups is 1. The Morgan fingerprint density at radius 2 is 1.83 bits per heavy atom. The number of rotatable bonds is 6. The van der Waals surface area contributed by atoms with E-state index < -0.39 is 17.6 Å². The van der Waals surface area contributed by atoms with Gasteiger partial charge in [0.15, 0.2) is 0 Å². The molecule has 1 aliphatic heterocycles. The standard InChI is InChI=1S/C21H24BrF3N4O/c1-2-28-7-9-29(10-8-28)14-15-3-4-17(12-19(15)21(23,24)25)27-20(30)13-18-11-16(22)5-6-26-18/h3-6,11-12H,2,7-10,13-14H2,1H3,(H,27,30). The Morgan fingerprint density at radius 3 is 2.47 bits per heavy atom. The molecule has 1 N–H and O–H groups in total. The molecule has 0 radical (unpaired) electrons. The van der Waals surface area contributed by atoms with Crippen LogP contribution in [0.4, 0.5) is 18.9 Å². The third-order valence-corrected chi connectivity index (χ3v) is 5.62. The molecule has 1 aromatic heterocycles. The predicted molar refractivity (Wildman–Crippen MR) is 113 cm³/mol. The van der Waals surface area contributed by atoms with Gasteiger partial charge in [0.25, 0.3) is 0 Å². The highest BCUT2D eigenvalue weighted by Gasteiger charge is 2.34. The number of anilines is 1. The van der Waals surface area contributed by atoms with Gasteiger partial charge >= 0.3 is 6.18 Å². The van der Waals surface area contributed by atoms with Gasteiger partial charge in [-0.25, -0.2) is 0 Å². The molecule has 1 fully saturated rings. The topological polar surface area (TPSA) is 48.5 Å². The third-order valence-electron chi connectivity index (χ3n) is 5.13. The molecule has 0 atom stereocenters. The van der Waals surface area contributed by atoms with Crippen LogP contribution in [0.3, 0.4) is 0 Å². The lowest BCUT2D eigenvalue weighted by Crippen LogP contribution is -2.45. The molecule has 3 rings (SSSR count). The highest BCUT2D eigenvalue weighted by molar-refractivity contribution is 9.10. The summed E-state index contributed by atoms with van der Waals surface area (Å²) >= 11 is 3.30. The number of nitrogens with one attached hydrogen (secondary N) is 1. The highest BCUT2D eigenvalue weighted by Crippen LogP contribution is 2.34. The quantitative estimate of drug-likeness (QED) is 0.667. The number of halogens is 4. The maximum atomic E-state index is 13.7. The van der Waals surface area contributed by atoms with Crippen LogP contribution in [-0.2, 0) is 23.9 Å². The average Bonchev–Trinajstić information content (AvgIpc) is 2.69. The van der Waals surface area contributed by atoms with Crippen LogP contribution >= 0.6 is 15.9 Å². The summed E-state index contributed by atoms with van der Waals surface area (Å²) in [7, 11) is 0. The first-order chi connectivity index (χ1) is 14.2.